The van der Waals surface area contributed by atoms with E-state index in [9.17, 15) is 0 Å². The van der Waals surface area contributed by atoms with Gasteiger partial charge in [-0.15, -0.1) is 0 Å². The minimum absolute atomic E-state index is 0.738. The highest BCUT2D eigenvalue weighted by atomic mass is 15.2. The van der Waals surface area contributed by atoms with Crippen LogP contribution in [0.1, 0.15) is 11.1 Å². The van der Waals surface area contributed by atoms with Crippen LogP contribution < -0.4 is 10.2 Å². The number of nitrogens with zero attached hydrogens (tertiary/aromatic N) is 3. The fraction of sp³-hybridized carbons (Fsp3) is 0.286. The lowest BCUT2D eigenvalue weighted by Crippen LogP contribution is -2.15. The molecule has 2 rings (SSSR count). The van der Waals surface area contributed by atoms with Crippen LogP contribution in [0.2, 0.25) is 0 Å². The van der Waals surface area contributed by atoms with Crippen LogP contribution in [0.25, 0.3) is 0 Å². The average molecular weight is 242 g/mol. The number of hydrogen-bond acceptors (Lipinski definition) is 4. The number of rotatable bonds is 5. The third kappa shape index (κ3) is 3.53. The zero-order valence-corrected chi connectivity index (χ0v) is 10.8. The average Bonchev–Trinajstić information content (AvgIpc) is 2.40. The summed E-state index contributed by atoms with van der Waals surface area (Å²) in [5, 5.41) is 3.37. The van der Waals surface area contributed by atoms with Crippen molar-refractivity contribution in [2.45, 2.75) is 13.1 Å². The molecule has 0 bridgehead atoms. The smallest absolute Gasteiger partial charge is 0.224 e. The van der Waals surface area contributed by atoms with Crippen molar-refractivity contribution in [3.8, 4) is 0 Å². The van der Waals surface area contributed by atoms with E-state index < -0.39 is 0 Å². The van der Waals surface area contributed by atoms with Gasteiger partial charge in [0.15, 0.2) is 0 Å². The maximum atomic E-state index is 4.28. The predicted molar refractivity (Wildman–Crippen MR) is 73.3 cm³/mol. The number of hydrogen-bond donors (Lipinski definition) is 1. The van der Waals surface area contributed by atoms with Crippen LogP contribution in [0.3, 0.4) is 0 Å². The first-order chi connectivity index (χ1) is 8.75. The first-order valence-electron chi connectivity index (χ1n) is 5.98. The molecule has 0 radical (unpaired) electrons. The summed E-state index contributed by atoms with van der Waals surface area (Å²) in [5.41, 5.74) is 2.37. The summed E-state index contributed by atoms with van der Waals surface area (Å²) in [6.45, 7) is 1.64. The van der Waals surface area contributed by atoms with Gasteiger partial charge in [0.05, 0.1) is 0 Å². The molecule has 1 aromatic carbocycles. The summed E-state index contributed by atoms with van der Waals surface area (Å²) in [6.07, 6.45) is 3.72. The van der Waals surface area contributed by atoms with E-state index in [0.29, 0.717) is 0 Å². The van der Waals surface area contributed by atoms with Crippen LogP contribution in [0.5, 0.6) is 0 Å². The Labute approximate surface area is 108 Å². The molecule has 0 spiro atoms. The maximum Gasteiger partial charge on any atom is 0.224 e. The van der Waals surface area contributed by atoms with Crippen molar-refractivity contribution in [3.05, 3.63) is 53.9 Å². The fourth-order valence-corrected chi connectivity index (χ4v) is 1.62. The Morgan fingerprint density at radius 1 is 0.944 bits per heavy atom. The van der Waals surface area contributed by atoms with Crippen molar-refractivity contribution in [1.82, 2.24) is 15.3 Å². The summed E-state index contributed by atoms with van der Waals surface area (Å²) in [7, 11) is 3.87. The number of nitrogens with one attached hydrogen (secondary N) is 1. The van der Waals surface area contributed by atoms with Gasteiger partial charge in [-0.2, -0.15) is 0 Å². The molecule has 0 atom stereocenters. The van der Waals surface area contributed by atoms with Crippen molar-refractivity contribution in [3.63, 3.8) is 0 Å². The van der Waals surface area contributed by atoms with E-state index in [1.807, 2.05) is 49.6 Å². The van der Waals surface area contributed by atoms with Crippen LogP contribution in [0.15, 0.2) is 42.7 Å². The van der Waals surface area contributed by atoms with Gasteiger partial charge >= 0.3 is 0 Å². The lowest BCUT2D eigenvalue weighted by molar-refractivity contribution is 0.688. The van der Waals surface area contributed by atoms with Gasteiger partial charge in [0.1, 0.15) is 0 Å². The number of aromatic nitrogens is 2. The van der Waals surface area contributed by atoms with Gasteiger partial charge in [-0.3, -0.25) is 0 Å². The molecule has 94 valence electrons. The monoisotopic (exact) mass is 242 g/mol. The highest BCUT2D eigenvalue weighted by Gasteiger charge is 1.99. The van der Waals surface area contributed by atoms with E-state index in [0.717, 1.165) is 24.6 Å². The van der Waals surface area contributed by atoms with Crippen LogP contribution in [0.4, 0.5) is 5.95 Å². The largest absolute Gasteiger partial charge is 0.347 e. The molecular formula is C14H18N4. The Balaban J connectivity index is 1.83. The molecule has 0 aliphatic heterocycles. The molecule has 1 aromatic heterocycles. The summed E-state index contributed by atoms with van der Waals surface area (Å²) in [6, 6.07) is 10.3. The standard InChI is InChI=1S/C14H18N4/c1-18(2)14-16-10-13(11-17-14)9-15-8-12-6-4-3-5-7-12/h3-7,10-11,15H,8-9H2,1-2H3. The minimum atomic E-state index is 0.738. The van der Waals surface area contributed by atoms with Crippen molar-refractivity contribution < 1.29 is 0 Å². The summed E-state index contributed by atoms with van der Waals surface area (Å²) < 4.78 is 0. The van der Waals surface area contributed by atoms with Gasteiger partial charge in [-0.25, -0.2) is 9.97 Å². The first-order valence-corrected chi connectivity index (χ1v) is 5.98. The Bertz CT molecular complexity index is 465. The van der Waals surface area contributed by atoms with E-state index in [1.54, 1.807) is 0 Å². The van der Waals surface area contributed by atoms with E-state index in [2.05, 4.69) is 27.4 Å². The van der Waals surface area contributed by atoms with Gasteiger partial charge in [0, 0.05) is 45.1 Å². The maximum absolute atomic E-state index is 4.28. The Morgan fingerprint density at radius 3 is 2.17 bits per heavy atom. The molecule has 1 heterocycles. The minimum Gasteiger partial charge on any atom is -0.347 e. The molecule has 1 N–H and O–H groups in total. The molecule has 0 amide bonds. The Kier molecular flexibility index (Phi) is 4.25. The summed E-state index contributed by atoms with van der Waals surface area (Å²) in [4.78, 5) is 10.4. The van der Waals surface area contributed by atoms with Crippen molar-refractivity contribution >= 4 is 5.95 Å². The molecule has 0 aliphatic rings. The third-order valence-electron chi connectivity index (χ3n) is 2.59. The highest BCUT2D eigenvalue weighted by Crippen LogP contribution is 2.03. The highest BCUT2D eigenvalue weighted by molar-refractivity contribution is 5.26. The quantitative estimate of drug-likeness (QED) is 0.868. The third-order valence-corrected chi connectivity index (χ3v) is 2.59. The molecule has 18 heavy (non-hydrogen) atoms. The fourth-order valence-electron chi connectivity index (χ4n) is 1.62. The summed E-state index contributed by atoms with van der Waals surface area (Å²) >= 11 is 0. The van der Waals surface area contributed by atoms with Crippen molar-refractivity contribution in [1.29, 1.82) is 0 Å². The van der Waals surface area contributed by atoms with Crippen molar-refractivity contribution in [2.24, 2.45) is 0 Å². The molecule has 0 saturated heterocycles. The SMILES string of the molecule is CN(C)c1ncc(CNCc2ccccc2)cn1. The molecule has 0 fully saturated rings. The van der Waals surface area contributed by atoms with Crippen LogP contribution >= 0.6 is 0 Å². The van der Waals surface area contributed by atoms with E-state index in [-0.39, 0.29) is 0 Å². The van der Waals surface area contributed by atoms with Gasteiger partial charge in [-0.1, -0.05) is 30.3 Å². The Morgan fingerprint density at radius 2 is 1.56 bits per heavy atom. The van der Waals surface area contributed by atoms with Crippen LogP contribution in [0, 0.1) is 0 Å². The topological polar surface area (TPSA) is 41.1 Å². The second-order valence-corrected chi connectivity index (χ2v) is 4.37. The second-order valence-electron chi connectivity index (χ2n) is 4.37. The molecule has 0 aliphatic carbocycles. The molecule has 4 nitrogen and oxygen atoms in total. The molecule has 4 heteroatoms. The van der Waals surface area contributed by atoms with Crippen LogP contribution in [-0.4, -0.2) is 24.1 Å². The number of anilines is 1. The first kappa shape index (κ1) is 12.5. The second kappa shape index (κ2) is 6.12. The van der Waals surface area contributed by atoms with Gasteiger partial charge in [0.2, 0.25) is 5.95 Å². The lowest BCUT2D eigenvalue weighted by Gasteiger charge is -2.10. The normalized spacial score (nSPS) is 10.3. The van der Waals surface area contributed by atoms with Gasteiger partial charge in [-0.05, 0) is 5.56 Å². The van der Waals surface area contributed by atoms with Gasteiger partial charge in [0.25, 0.3) is 0 Å². The molecular weight excluding hydrogens is 224 g/mol. The lowest BCUT2D eigenvalue weighted by atomic mass is 10.2. The molecule has 2 aromatic rings. The number of benzene rings is 1. The molecule has 0 unspecified atom stereocenters. The van der Waals surface area contributed by atoms with E-state index in [1.165, 1.54) is 5.56 Å². The van der Waals surface area contributed by atoms with E-state index >= 15 is 0 Å². The van der Waals surface area contributed by atoms with Crippen molar-refractivity contribution in [2.75, 3.05) is 19.0 Å². The zero-order valence-electron chi connectivity index (χ0n) is 10.8. The summed E-state index contributed by atoms with van der Waals surface area (Å²) in [5.74, 6) is 0.738. The Hall–Kier alpha value is -1.94. The van der Waals surface area contributed by atoms with Gasteiger partial charge < -0.3 is 10.2 Å². The predicted octanol–water partition coefficient (Wildman–Crippen LogP) is 1.83. The van der Waals surface area contributed by atoms with E-state index in [4.69, 9.17) is 0 Å². The molecule has 0 saturated carbocycles. The zero-order chi connectivity index (χ0) is 12.8. The van der Waals surface area contributed by atoms with Crippen LogP contribution in [-0.2, 0) is 13.1 Å².